The van der Waals surface area contributed by atoms with E-state index < -0.39 is 0 Å². The normalized spacial score (nSPS) is 15.2. The molecule has 0 atom stereocenters. The Balaban J connectivity index is 1.67. The van der Waals surface area contributed by atoms with Crippen LogP contribution in [0.3, 0.4) is 0 Å². The van der Waals surface area contributed by atoms with E-state index in [1.165, 1.54) is 22.3 Å². The third kappa shape index (κ3) is 5.63. The number of piperidine rings is 1. The van der Waals surface area contributed by atoms with Gasteiger partial charge in [-0.1, -0.05) is 49.7 Å². The Morgan fingerprint density at radius 2 is 1.70 bits per heavy atom. The molecule has 4 rings (SSSR count). The summed E-state index contributed by atoms with van der Waals surface area (Å²) in [6.07, 6.45) is 6.20. The number of aryl methyl sites for hydroxylation is 2. The van der Waals surface area contributed by atoms with Crippen LogP contribution in [0.15, 0.2) is 54.9 Å². The van der Waals surface area contributed by atoms with Gasteiger partial charge in [-0.15, -0.1) is 0 Å². The smallest absolute Gasteiger partial charge is 0.0584 e. The van der Waals surface area contributed by atoms with Crippen molar-refractivity contribution in [2.45, 2.75) is 65.1 Å². The molecule has 3 heterocycles. The molecule has 0 saturated carbocycles. The van der Waals surface area contributed by atoms with Gasteiger partial charge in [0.25, 0.3) is 0 Å². The number of halogens is 1. The van der Waals surface area contributed by atoms with E-state index in [9.17, 15) is 0 Å². The standard InChI is InChI=1S/C28H35ClN4/c1-20-16-21(2)26(32-17-20)18-33(24-11-14-30-15-12-24)19-27-25(6-5-13-31-27)28(3,4)22-7-9-23(29)10-8-22/h5-10,13,16-17,24,30H,11-12,14-15,18-19H2,1-4H3. The van der Waals surface area contributed by atoms with Gasteiger partial charge in [-0.25, -0.2) is 0 Å². The van der Waals surface area contributed by atoms with Crippen molar-refractivity contribution in [3.8, 4) is 0 Å². The van der Waals surface area contributed by atoms with Crippen molar-refractivity contribution in [1.29, 1.82) is 0 Å². The molecule has 0 amide bonds. The fraction of sp³-hybridized carbons (Fsp3) is 0.429. The van der Waals surface area contributed by atoms with Gasteiger partial charge < -0.3 is 5.32 Å². The number of aromatic nitrogens is 2. The van der Waals surface area contributed by atoms with E-state index in [1.54, 1.807) is 0 Å². The summed E-state index contributed by atoms with van der Waals surface area (Å²) in [6, 6.07) is 15.2. The first kappa shape index (κ1) is 23.9. The lowest BCUT2D eigenvalue weighted by Gasteiger charge is -2.36. The van der Waals surface area contributed by atoms with Crippen LogP contribution in [0.1, 0.15) is 60.3 Å². The molecule has 33 heavy (non-hydrogen) atoms. The number of hydrogen-bond donors (Lipinski definition) is 1. The van der Waals surface area contributed by atoms with E-state index in [0.29, 0.717) is 6.04 Å². The van der Waals surface area contributed by atoms with Gasteiger partial charge >= 0.3 is 0 Å². The first-order chi connectivity index (χ1) is 15.8. The van der Waals surface area contributed by atoms with Crippen molar-refractivity contribution < 1.29 is 0 Å². The first-order valence-corrected chi connectivity index (χ1v) is 12.3. The molecular weight excluding hydrogens is 428 g/mol. The van der Waals surface area contributed by atoms with Crippen LogP contribution in [-0.4, -0.2) is 34.0 Å². The summed E-state index contributed by atoms with van der Waals surface area (Å²) in [5, 5.41) is 4.27. The van der Waals surface area contributed by atoms with E-state index in [-0.39, 0.29) is 5.41 Å². The van der Waals surface area contributed by atoms with Crippen molar-refractivity contribution in [3.05, 3.63) is 93.5 Å². The molecule has 0 spiro atoms. The molecule has 0 aliphatic carbocycles. The molecule has 1 N–H and O–H groups in total. The first-order valence-electron chi connectivity index (χ1n) is 11.9. The van der Waals surface area contributed by atoms with Crippen LogP contribution in [0.25, 0.3) is 0 Å². The third-order valence-electron chi connectivity index (χ3n) is 6.98. The zero-order valence-corrected chi connectivity index (χ0v) is 21.0. The van der Waals surface area contributed by atoms with Crippen molar-refractivity contribution in [1.82, 2.24) is 20.2 Å². The Labute approximate surface area is 203 Å². The Kier molecular flexibility index (Phi) is 7.48. The predicted molar refractivity (Wildman–Crippen MR) is 137 cm³/mol. The van der Waals surface area contributed by atoms with Crippen LogP contribution in [0.2, 0.25) is 5.02 Å². The maximum Gasteiger partial charge on any atom is 0.0584 e. The van der Waals surface area contributed by atoms with Gasteiger partial charge in [0.2, 0.25) is 0 Å². The topological polar surface area (TPSA) is 41.1 Å². The molecule has 1 aromatic carbocycles. The van der Waals surface area contributed by atoms with Gasteiger partial charge in [-0.2, -0.15) is 0 Å². The van der Waals surface area contributed by atoms with Crippen molar-refractivity contribution in [3.63, 3.8) is 0 Å². The Morgan fingerprint density at radius 1 is 1.00 bits per heavy atom. The van der Waals surface area contributed by atoms with E-state index in [1.807, 2.05) is 24.5 Å². The van der Waals surface area contributed by atoms with E-state index in [2.05, 4.69) is 68.2 Å². The molecular formula is C28H35ClN4. The second-order valence-electron chi connectivity index (χ2n) is 9.79. The number of pyridine rings is 2. The summed E-state index contributed by atoms with van der Waals surface area (Å²) in [5.41, 5.74) is 7.10. The molecule has 5 heteroatoms. The van der Waals surface area contributed by atoms with Crippen LogP contribution in [0.4, 0.5) is 0 Å². The SMILES string of the molecule is Cc1cnc(CN(Cc2ncccc2C(C)(C)c2ccc(Cl)cc2)C2CCNCC2)c(C)c1. The lowest BCUT2D eigenvalue weighted by atomic mass is 9.77. The average molecular weight is 463 g/mol. The quantitative estimate of drug-likeness (QED) is 0.479. The predicted octanol–water partition coefficient (Wildman–Crippen LogP) is 5.83. The zero-order valence-electron chi connectivity index (χ0n) is 20.2. The number of hydrogen-bond acceptors (Lipinski definition) is 4. The molecule has 0 radical (unpaired) electrons. The fourth-order valence-electron chi connectivity index (χ4n) is 4.93. The van der Waals surface area contributed by atoms with Gasteiger partial charge in [0.05, 0.1) is 11.4 Å². The average Bonchev–Trinajstić information content (AvgIpc) is 2.81. The molecule has 0 bridgehead atoms. The lowest BCUT2D eigenvalue weighted by Crippen LogP contribution is -2.43. The van der Waals surface area contributed by atoms with E-state index in [4.69, 9.17) is 21.6 Å². The van der Waals surface area contributed by atoms with Crippen LogP contribution in [0, 0.1) is 13.8 Å². The molecule has 3 aromatic rings. The van der Waals surface area contributed by atoms with E-state index >= 15 is 0 Å². The third-order valence-corrected chi connectivity index (χ3v) is 7.24. The van der Waals surface area contributed by atoms with Gasteiger partial charge in [0.15, 0.2) is 0 Å². The monoisotopic (exact) mass is 462 g/mol. The Hall–Kier alpha value is -2.27. The van der Waals surface area contributed by atoms with Crippen LogP contribution in [0.5, 0.6) is 0 Å². The van der Waals surface area contributed by atoms with Gasteiger partial charge in [-0.05, 0) is 80.2 Å². The Bertz CT molecular complexity index is 1070. The minimum Gasteiger partial charge on any atom is -0.317 e. The van der Waals surface area contributed by atoms with Gasteiger partial charge in [0.1, 0.15) is 0 Å². The summed E-state index contributed by atoms with van der Waals surface area (Å²) in [6.45, 7) is 12.6. The minimum atomic E-state index is -0.175. The highest BCUT2D eigenvalue weighted by Crippen LogP contribution is 2.34. The molecule has 1 saturated heterocycles. The second-order valence-corrected chi connectivity index (χ2v) is 10.2. The Morgan fingerprint density at radius 3 is 2.39 bits per heavy atom. The fourth-order valence-corrected chi connectivity index (χ4v) is 5.06. The second kappa shape index (κ2) is 10.3. The number of nitrogens with one attached hydrogen (secondary N) is 1. The summed E-state index contributed by atoms with van der Waals surface area (Å²) in [5.74, 6) is 0. The largest absolute Gasteiger partial charge is 0.317 e. The van der Waals surface area contributed by atoms with Crippen molar-refractivity contribution >= 4 is 11.6 Å². The maximum atomic E-state index is 6.16. The number of nitrogens with zero attached hydrogens (tertiary/aromatic N) is 3. The van der Waals surface area contributed by atoms with Gasteiger partial charge in [0, 0.05) is 42.0 Å². The molecule has 0 unspecified atom stereocenters. The minimum absolute atomic E-state index is 0.175. The van der Waals surface area contributed by atoms with Gasteiger partial charge in [-0.3, -0.25) is 14.9 Å². The van der Waals surface area contributed by atoms with Crippen LogP contribution < -0.4 is 5.32 Å². The molecule has 4 nitrogen and oxygen atoms in total. The molecule has 1 aliphatic heterocycles. The van der Waals surface area contributed by atoms with Crippen molar-refractivity contribution in [2.24, 2.45) is 0 Å². The highest BCUT2D eigenvalue weighted by molar-refractivity contribution is 6.30. The van der Waals surface area contributed by atoms with Crippen LogP contribution >= 0.6 is 11.6 Å². The molecule has 1 aliphatic rings. The maximum absolute atomic E-state index is 6.16. The summed E-state index contributed by atoms with van der Waals surface area (Å²) in [4.78, 5) is 12.3. The molecule has 2 aromatic heterocycles. The molecule has 1 fully saturated rings. The van der Waals surface area contributed by atoms with E-state index in [0.717, 1.165) is 55.4 Å². The summed E-state index contributed by atoms with van der Waals surface area (Å²) < 4.78 is 0. The summed E-state index contributed by atoms with van der Waals surface area (Å²) >= 11 is 6.16. The molecule has 174 valence electrons. The number of rotatable bonds is 7. The highest BCUT2D eigenvalue weighted by atomic mass is 35.5. The highest BCUT2D eigenvalue weighted by Gasteiger charge is 2.29. The van der Waals surface area contributed by atoms with Crippen LogP contribution in [-0.2, 0) is 18.5 Å². The number of benzene rings is 1. The lowest BCUT2D eigenvalue weighted by molar-refractivity contribution is 0.141. The van der Waals surface area contributed by atoms with Crippen molar-refractivity contribution in [2.75, 3.05) is 13.1 Å². The zero-order chi connectivity index (χ0) is 23.4. The summed E-state index contributed by atoms with van der Waals surface area (Å²) in [7, 11) is 0.